The molecule has 3 unspecified atom stereocenters. The Kier molecular flexibility index (Phi) is 15.7. The van der Waals surface area contributed by atoms with Crippen LogP contribution in [-0.4, -0.2) is 130 Å². The normalized spacial score (nSPS) is 43.7. The van der Waals surface area contributed by atoms with Gasteiger partial charge in [-0.05, 0) is 62.7 Å². The molecule has 5 heterocycles. The second-order valence-corrected chi connectivity index (χ2v) is 17.1. The Hall–Kier alpha value is -2.27. The summed E-state index contributed by atoms with van der Waals surface area (Å²) in [5, 5.41) is 23.7. The molecule has 1 aliphatic carbocycles. The first-order valence-corrected chi connectivity index (χ1v) is 21.3. The fourth-order valence-electron chi connectivity index (χ4n) is 9.72. The number of esters is 1. The Bertz CT molecular complexity index is 1540. The van der Waals surface area contributed by atoms with E-state index in [2.05, 4.69) is 45.9 Å². The van der Waals surface area contributed by atoms with E-state index in [1.165, 1.54) is 0 Å². The van der Waals surface area contributed by atoms with Crippen LogP contribution in [0.25, 0.3) is 0 Å². The first kappa shape index (κ1) is 45.3. The number of methoxy groups -OCH3 is 2. The average molecular weight is 817 g/mol. The van der Waals surface area contributed by atoms with Crippen LogP contribution in [0.1, 0.15) is 80.1 Å². The third kappa shape index (κ3) is 9.92. The summed E-state index contributed by atoms with van der Waals surface area (Å²) >= 11 is 0. The van der Waals surface area contributed by atoms with Crippen molar-refractivity contribution in [2.45, 2.75) is 146 Å². The minimum atomic E-state index is -1.80. The van der Waals surface area contributed by atoms with E-state index in [9.17, 15) is 15.0 Å². The van der Waals surface area contributed by atoms with E-state index in [1.54, 1.807) is 27.2 Å². The third-order valence-electron chi connectivity index (χ3n) is 13.1. The van der Waals surface area contributed by atoms with Gasteiger partial charge in [0.1, 0.15) is 49.5 Å². The number of allylic oxidation sites excluding steroid dienone is 3. The predicted molar refractivity (Wildman–Crippen MR) is 214 cm³/mol. The molecule has 13 nitrogen and oxygen atoms in total. The van der Waals surface area contributed by atoms with Crippen molar-refractivity contribution in [3.05, 3.63) is 59.3 Å². The molecule has 15 atom stereocenters. The number of carbonyl (C=O) groups excluding carboxylic acids is 1. The van der Waals surface area contributed by atoms with Gasteiger partial charge in [-0.25, -0.2) is 0 Å². The quantitative estimate of drug-likeness (QED) is 0.111. The predicted octanol–water partition coefficient (Wildman–Crippen LogP) is 5.49. The van der Waals surface area contributed by atoms with E-state index in [-0.39, 0.29) is 68.7 Å². The molecule has 2 N–H and O–H groups in total. The zero-order chi connectivity index (χ0) is 41.6. The number of fused-ring (bicyclic) bond motifs is 2. The van der Waals surface area contributed by atoms with Gasteiger partial charge >= 0.3 is 5.97 Å². The fraction of sp³-hybridized carbons (Fsp3) is 0.756. The zero-order valence-corrected chi connectivity index (χ0v) is 35.7. The second-order valence-electron chi connectivity index (χ2n) is 17.1. The highest BCUT2D eigenvalue weighted by Gasteiger charge is 2.60. The lowest BCUT2D eigenvalue weighted by Crippen LogP contribution is -2.58. The molecule has 2 bridgehead atoms. The van der Waals surface area contributed by atoms with Crippen molar-refractivity contribution < 1.29 is 62.4 Å². The molecule has 0 radical (unpaired) electrons. The number of aliphatic hydroxyl groups is 2. The van der Waals surface area contributed by atoms with Crippen LogP contribution in [0.3, 0.4) is 0 Å². The zero-order valence-electron chi connectivity index (χ0n) is 35.7. The van der Waals surface area contributed by atoms with Gasteiger partial charge in [-0.2, -0.15) is 0 Å². The molecule has 3 fully saturated rings. The summed E-state index contributed by atoms with van der Waals surface area (Å²) in [6.45, 7) is 13.5. The van der Waals surface area contributed by atoms with Crippen molar-refractivity contribution in [3.8, 4) is 0 Å². The summed E-state index contributed by atoms with van der Waals surface area (Å²) in [5.74, 6) is -2.49. The standard InChI is InChI=1S/C45H68O13/c1-9-27(2)36-14-11-17-44(58-36)23-34-21-33(57-44)16-15-29(4)39(37-22-38(50-8)41(31(6)55-37)54-26-52-19-18-51-25-49-7)28(3)12-10-13-32-24-53-42-40(46)30(5)20-35(43(47)56-34)45(32,42)48/h10-13,15,17,20,27-28,31,33-42,46,48H,9,14,16,18-19,21-26H2,1-8H3/b12-10+,29-15+,32-13+/t27?,28-,31-,33+,34?,35-,36-,37?,38-,39-,40+,41-,42+,44+,45+/m0/s1. The van der Waals surface area contributed by atoms with E-state index in [4.69, 9.17) is 47.4 Å². The smallest absolute Gasteiger partial charge is 0.316 e. The maximum atomic E-state index is 14.3. The van der Waals surface area contributed by atoms with Crippen molar-refractivity contribution in [2.24, 2.45) is 23.7 Å². The van der Waals surface area contributed by atoms with Gasteiger partial charge in [-0.1, -0.05) is 69.2 Å². The third-order valence-corrected chi connectivity index (χ3v) is 13.1. The minimum absolute atomic E-state index is 0.0245. The first-order valence-electron chi connectivity index (χ1n) is 21.3. The Balaban J connectivity index is 1.31. The SMILES string of the molecule is CCC(C)[C@@H]1CC=C[C@]2(CC3C[C@@H](C/C=C(\C)[C@@H](C4C[C@H](OC)[C@@H](OCOCCOCOC)[C@H](C)O4)[C@@H](C)/C=C/C=C4\CO[C@@H]5[C@H](O)C(C)=C[C@@H](C(=O)O3)[C@]45O)O2)O1. The summed E-state index contributed by atoms with van der Waals surface area (Å²) in [6, 6.07) is 0. The van der Waals surface area contributed by atoms with Crippen molar-refractivity contribution in [3.63, 3.8) is 0 Å². The van der Waals surface area contributed by atoms with Crippen LogP contribution in [0.15, 0.2) is 59.3 Å². The monoisotopic (exact) mass is 816 g/mol. The van der Waals surface area contributed by atoms with Gasteiger partial charge in [0.2, 0.25) is 0 Å². The molecular weight excluding hydrogens is 748 g/mol. The molecule has 0 saturated carbocycles. The summed E-state index contributed by atoms with van der Waals surface area (Å²) in [5.41, 5.74) is 0.396. The number of ether oxygens (including phenoxy) is 10. The van der Waals surface area contributed by atoms with Gasteiger partial charge < -0.3 is 57.6 Å². The lowest BCUT2D eigenvalue weighted by Gasteiger charge is -2.47. The largest absolute Gasteiger partial charge is 0.462 e. The molecule has 13 heteroatoms. The van der Waals surface area contributed by atoms with Crippen LogP contribution < -0.4 is 0 Å². The summed E-state index contributed by atoms with van der Waals surface area (Å²) in [6.07, 6.45) is 13.4. The van der Waals surface area contributed by atoms with E-state index in [1.807, 2.05) is 25.2 Å². The number of hydrogen-bond donors (Lipinski definition) is 2. The second kappa shape index (κ2) is 20.1. The molecular formula is C45H68O13. The van der Waals surface area contributed by atoms with Crippen molar-refractivity contribution in [1.29, 1.82) is 0 Å². The van der Waals surface area contributed by atoms with Crippen molar-refractivity contribution in [2.75, 3.05) is 47.6 Å². The van der Waals surface area contributed by atoms with Crippen LogP contribution in [0, 0.1) is 23.7 Å². The molecule has 3 saturated heterocycles. The molecule has 58 heavy (non-hydrogen) atoms. The van der Waals surface area contributed by atoms with Gasteiger partial charge in [0.15, 0.2) is 5.79 Å². The molecule has 5 aliphatic heterocycles. The van der Waals surface area contributed by atoms with Crippen LogP contribution >= 0.6 is 0 Å². The number of rotatable bonds is 12. The molecule has 6 aliphatic rings. The van der Waals surface area contributed by atoms with Gasteiger partial charge in [-0.3, -0.25) is 4.79 Å². The highest BCUT2D eigenvalue weighted by Crippen LogP contribution is 2.47. The Labute approximate surface area is 344 Å². The topological polar surface area (TPSA) is 150 Å². The van der Waals surface area contributed by atoms with Gasteiger partial charge in [0, 0.05) is 39.4 Å². The van der Waals surface area contributed by atoms with Gasteiger partial charge in [-0.15, -0.1) is 0 Å². The molecule has 326 valence electrons. The molecule has 0 amide bonds. The van der Waals surface area contributed by atoms with Gasteiger partial charge in [0.05, 0.1) is 50.3 Å². The highest BCUT2D eigenvalue weighted by molar-refractivity contribution is 5.78. The maximum absolute atomic E-state index is 14.3. The Morgan fingerprint density at radius 1 is 1.02 bits per heavy atom. The Morgan fingerprint density at radius 3 is 2.53 bits per heavy atom. The number of aliphatic hydroxyl groups excluding tert-OH is 1. The lowest BCUT2D eigenvalue weighted by atomic mass is 9.71. The molecule has 6 rings (SSSR count). The molecule has 1 spiro atoms. The van der Waals surface area contributed by atoms with Crippen molar-refractivity contribution >= 4 is 5.97 Å². The Morgan fingerprint density at radius 2 is 1.79 bits per heavy atom. The van der Waals surface area contributed by atoms with E-state index in [0.29, 0.717) is 56.0 Å². The fourth-order valence-corrected chi connectivity index (χ4v) is 9.72. The van der Waals surface area contributed by atoms with E-state index in [0.717, 1.165) is 18.4 Å². The summed E-state index contributed by atoms with van der Waals surface area (Å²) in [7, 11) is 3.28. The van der Waals surface area contributed by atoms with Gasteiger partial charge in [0.25, 0.3) is 0 Å². The van der Waals surface area contributed by atoms with Crippen LogP contribution in [-0.2, 0) is 52.2 Å². The molecule has 0 aromatic heterocycles. The molecule has 0 aromatic rings. The van der Waals surface area contributed by atoms with Crippen LogP contribution in [0.4, 0.5) is 0 Å². The first-order chi connectivity index (χ1) is 27.8. The molecule has 0 aromatic carbocycles. The van der Waals surface area contributed by atoms with Crippen molar-refractivity contribution in [1.82, 2.24) is 0 Å². The van der Waals surface area contributed by atoms with Crippen LogP contribution in [0.2, 0.25) is 0 Å². The maximum Gasteiger partial charge on any atom is 0.316 e. The average Bonchev–Trinajstić information content (AvgIpc) is 3.54. The number of carbonyl (C=O) groups is 1. The highest BCUT2D eigenvalue weighted by atomic mass is 16.7. The van der Waals surface area contributed by atoms with E-state index >= 15 is 0 Å². The van der Waals surface area contributed by atoms with Crippen LogP contribution in [0.5, 0.6) is 0 Å². The minimum Gasteiger partial charge on any atom is -0.462 e. The summed E-state index contributed by atoms with van der Waals surface area (Å²) < 4.78 is 61.0. The lowest BCUT2D eigenvalue weighted by molar-refractivity contribution is -0.294. The summed E-state index contributed by atoms with van der Waals surface area (Å²) in [4.78, 5) is 14.3. The van der Waals surface area contributed by atoms with E-state index < -0.39 is 41.6 Å². The number of hydrogen-bond acceptors (Lipinski definition) is 13.